The third kappa shape index (κ3) is 72.8. The van der Waals surface area contributed by atoms with Crippen LogP contribution in [-0.4, -0.2) is 96.7 Å². The van der Waals surface area contributed by atoms with Crippen LogP contribution in [0.1, 0.15) is 272 Å². The maximum atomic E-state index is 13.1. The smallest absolute Gasteiger partial charge is 0.462 e. The highest BCUT2D eigenvalue weighted by Crippen LogP contribution is 2.45. The summed E-state index contributed by atoms with van der Waals surface area (Å²) in [6.07, 6.45) is 86.4. The van der Waals surface area contributed by atoms with Crippen molar-refractivity contribution in [2.24, 2.45) is 0 Å². The van der Waals surface area contributed by atoms with Crippen molar-refractivity contribution in [2.75, 3.05) is 39.6 Å². The number of phosphoric acid groups is 2. The molecule has 578 valence electrons. The Morgan fingerprint density at radius 1 is 0.284 bits per heavy atom. The summed E-state index contributed by atoms with van der Waals surface area (Å²) in [5.41, 5.74) is 0. The third-order valence-electron chi connectivity index (χ3n) is 15.2. The van der Waals surface area contributed by atoms with E-state index in [1.165, 1.54) is 19.3 Å². The summed E-state index contributed by atoms with van der Waals surface area (Å²) in [6, 6.07) is 0. The molecule has 0 aliphatic rings. The van der Waals surface area contributed by atoms with Gasteiger partial charge in [-0.05, 0) is 167 Å². The summed E-state index contributed by atoms with van der Waals surface area (Å²) in [4.78, 5) is 72.9. The molecule has 19 heteroatoms. The quantitative estimate of drug-likeness (QED) is 0.0169. The molecular weight excluding hydrogens is 1330 g/mol. The number of hydrogen-bond acceptors (Lipinski definition) is 15. The van der Waals surface area contributed by atoms with E-state index < -0.39 is 97.5 Å². The first-order valence-electron chi connectivity index (χ1n) is 38.4. The number of esters is 4. The molecule has 0 heterocycles. The highest BCUT2D eigenvalue weighted by atomic mass is 31.2. The van der Waals surface area contributed by atoms with Crippen molar-refractivity contribution < 1.29 is 80.2 Å². The van der Waals surface area contributed by atoms with Gasteiger partial charge in [-0.1, -0.05) is 249 Å². The molecule has 0 radical (unpaired) electrons. The Bertz CT molecular complexity index is 2600. The lowest BCUT2D eigenvalue weighted by Gasteiger charge is -2.21. The number of carbonyl (C=O) groups is 4. The van der Waals surface area contributed by atoms with Crippen molar-refractivity contribution in [1.29, 1.82) is 0 Å². The van der Waals surface area contributed by atoms with Crippen LogP contribution in [0.4, 0.5) is 0 Å². The summed E-state index contributed by atoms with van der Waals surface area (Å²) in [6.45, 7) is 4.33. The second-order valence-electron chi connectivity index (χ2n) is 24.8. The number of allylic oxidation sites excluding steroid dienone is 28. The summed E-state index contributed by atoms with van der Waals surface area (Å²) >= 11 is 0. The maximum absolute atomic E-state index is 13.1. The van der Waals surface area contributed by atoms with E-state index in [0.29, 0.717) is 32.1 Å². The van der Waals surface area contributed by atoms with Crippen LogP contribution in [0.5, 0.6) is 0 Å². The first kappa shape index (κ1) is 96.4. The number of phosphoric ester groups is 2. The highest BCUT2D eigenvalue weighted by molar-refractivity contribution is 7.47. The van der Waals surface area contributed by atoms with Gasteiger partial charge in [0.25, 0.3) is 0 Å². The Morgan fingerprint density at radius 2 is 0.520 bits per heavy atom. The number of carbonyl (C=O) groups excluding carboxylic acids is 4. The largest absolute Gasteiger partial charge is 0.472 e. The SMILES string of the molecule is CC/C=C\C/C=C\C/C=C\C/C=C\C/C=C\CCCC(=O)OCC(COP(=O)(O)OCC(O)COP(=O)(O)OCC(COC(=O)CCCC/C=C\C/C=C\C/C=C\C/C=C\CC)OC(=O)CCCCCCC/C=C\C/C=C\C/C=C\CC)OC(=O)CCCCCCC/C=C\C/C=C\CCCCC. The maximum Gasteiger partial charge on any atom is 0.472 e. The van der Waals surface area contributed by atoms with Crippen LogP contribution in [-0.2, 0) is 65.4 Å². The molecule has 0 saturated carbocycles. The first-order chi connectivity index (χ1) is 49.7. The molecule has 0 aromatic heterocycles. The average molecular weight is 1470 g/mol. The molecule has 102 heavy (non-hydrogen) atoms. The second-order valence-corrected chi connectivity index (χ2v) is 27.7. The zero-order valence-corrected chi connectivity index (χ0v) is 64.8. The first-order valence-corrected chi connectivity index (χ1v) is 41.4. The Morgan fingerprint density at radius 3 is 0.843 bits per heavy atom. The fourth-order valence-corrected chi connectivity index (χ4v) is 11.0. The lowest BCUT2D eigenvalue weighted by molar-refractivity contribution is -0.161. The monoisotopic (exact) mass is 1460 g/mol. The van der Waals surface area contributed by atoms with Crippen LogP contribution >= 0.6 is 15.6 Å². The van der Waals surface area contributed by atoms with E-state index >= 15 is 0 Å². The van der Waals surface area contributed by atoms with Crippen LogP contribution in [0.2, 0.25) is 0 Å². The molecule has 0 aliphatic heterocycles. The minimum absolute atomic E-state index is 0.0586. The van der Waals surface area contributed by atoms with Crippen LogP contribution in [0, 0.1) is 0 Å². The Balaban J connectivity index is 5.49. The summed E-state index contributed by atoms with van der Waals surface area (Å²) in [7, 11) is -10.0. The number of hydrogen-bond donors (Lipinski definition) is 3. The molecule has 0 aliphatic carbocycles. The molecule has 5 unspecified atom stereocenters. The molecule has 0 rings (SSSR count). The Kier molecular flexibility index (Phi) is 69.7. The second kappa shape index (κ2) is 73.7. The van der Waals surface area contributed by atoms with E-state index in [2.05, 4.69) is 186 Å². The number of unbranched alkanes of at least 4 members (excludes halogenated alkanes) is 16. The van der Waals surface area contributed by atoms with E-state index in [0.717, 1.165) is 167 Å². The van der Waals surface area contributed by atoms with Gasteiger partial charge in [0.1, 0.15) is 19.3 Å². The molecule has 0 aromatic carbocycles. The van der Waals surface area contributed by atoms with Crippen molar-refractivity contribution in [1.82, 2.24) is 0 Å². The summed E-state index contributed by atoms with van der Waals surface area (Å²) in [5.74, 6) is -2.34. The lowest BCUT2D eigenvalue weighted by atomic mass is 10.1. The van der Waals surface area contributed by atoms with Crippen molar-refractivity contribution in [3.05, 3.63) is 170 Å². The summed E-state index contributed by atoms with van der Waals surface area (Å²) in [5, 5.41) is 10.6. The number of aliphatic hydroxyl groups is 1. The van der Waals surface area contributed by atoms with Crippen LogP contribution in [0.3, 0.4) is 0 Å². The Labute approximate surface area is 616 Å². The van der Waals surface area contributed by atoms with Crippen LogP contribution in [0.15, 0.2) is 170 Å². The molecule has 0 fully saturated rings. The van der Waals surface area contributed by atoms with Gasteiger partial charge in [-0.3, -0.25) is 37.3 Å². The van der Waals surface area contributed by atoms with Gasteiger partial charge in [-0.15, -0.1) is 0 Å². The predicted molar refractivity (Wildman–Crippen MR) is 417 cm³/mol. The zero-order valence-electron chi connectivity index (χ0n) is 63.0. The van der Waals surface area contributed by atoms with Gasteiger partial charge in [-0.25, -0.2) is 9.13 Å². The minimum atomic E-state index is -5.00. The predicted octanol–water partition coefficient (Wildman–Crippen LogP) is 22.2. The van der Waals surface area contributed by atoms with Gasteiger partial charge in [0.05, 0.1) is 26.4 Å². The van der Waals surface area contributed by atoms with Crippen molar-refractivity contribution in [3.63, 3.8) is 0 Å². The molecule has 0 bridgehead atoms. The van der Waals surface area contributed by atoms with Gasteiger partial charge in [0.2, 0.25) is 0 Å². The van der Waals surface area contributed by atoms with E-state index in [1.54, 1.807) is 0 Å². The molecule has 0 amide bonds. The van der Waals surface area contributed by atoms with Crippen LogP contribution in [0.25, 0.3) is 0 Å². The van der Waals surface area contributed by atoms with Gasteiger partial charge in [0, 0.05) is 25.7 Å². The van der Waals surface area contributed by atoms with Gasteiger partial charge in [-0.2, -0.15) is 0 Å². The van der Waals surface area contributed by atoms with Crippen LogP contribution < -0.4 is 0 Å². The van der Waals surface area contributed by atoms with Crippen molar-refractivity contribution in [3.8, 4) is 0 Å². The van der Waals surface area contributed by atoms with E-state index in [9.17, 15) is 43.2 Å². The molecule has 5 atom stereocenters. The van der Waals surface area contributed by atoms with Gasteiger partial charge in [0.15, 0.2) is 12.2 Å². The zero-order chi connectivity index (χ0) is 74.6. The van der Waals surface area contributed by atoms with E-state index in [4.69, 9.17) is 37.0 Å². The molecular formula is C83H134O17P2. The molecule has 0 aromatic rings. The molecule has 0 saturated heterocycles. The minimum Gasteiger partial charge on any atom is -0.462 e. The fraction of sp³-hybridized carbons (Fsp3) is 0.614. The third-order valence-corrected chi connectivity index (χ3v) is 17.1. The van der Waals surface area contributed by atoms with Gasteiger partial charge >= 0.3 is 39.5 Å². The standard InChI is InChI=1S/C83H134O17P2/c1-5-9-13-17-21-25-29-33-37-38-42-44-48-52-56-60-64-68-81(86)94-74-79(100-83(88)70-66-62-58-54-50-46-41-36-32-28-24-20-16-12-8-4)76-98-102(91,92)96-72-77(84)71-95-101(89,90)97-75-78(99-82(87)69-65-61-57-53-49-45-40-35-31-27-23-19-15-11-7-3)73-93-80(85)67-63-59-55-51-47-43-39-34-30-26-22-18-14-10-6-2/h9-11,13-15,21-28,33-37,39-42,44,47,51-52,56,77-79,84H,5-8,12,16-20,29-32,38,43,45-46,48-50,53-55,57-76H2,1-4H3,(H,89,90)(H,91,92)/b13-9-,14-10-,15-11-,25-21-,26-22-,27-23-,28-24-,37-33-,39-34-,40-35-,41-36-,44-42-,51-47-,56-52-. The van der Waals surface area contributed by atoms with Crippen molar-refractivity contribution in [2.45, 2.75) is 290 Å². The summed E-state index contributed by atoms with van der Waals surface area (Å²) < 4.78 is 68.4. The molecule has 3 N–H and O–H groups in total. The lowest BCUT2D eigenvalue weighted by Crippen LogP contribution is -2.30. The number of rotatable bonds is 70. The fourth-order valence-electron chi connectivity index (χ4n) is 9.41. The van der Waals surface area contributed by atoms with E-state index in [-0.39, 0.29) is 25.7 Å². The van der Waals surface area contributed by atoms with E-state index in [1.807, 2.05) is 12.2 Å². The van der Waals surface area contributed by atoms with Crippen molar-refractivity contribution >= 4 is 39.5 Å². The normalized spacial score (nSPS) is 14.9. The number of ether oxygens (including phenoxy) is 4. The number of aliphatic hydroxyl groups excluding tert-OH is 1. The average Bonchev–Trinajstić information content (AvgIpc) is 0.923. The Hall–Kier alpha value is -5.58. The molecule has 0 spiro atoms. The molecule has 17 nitrogen and oxygen atoms in total. The topological polar surface area (TPSA) is 237 Å². The highest BCUT2D eigenvalue weighted by Gasteiger charge is 2.30. The van der Waals surface area contributed by atoms with Gasteiger partial charge < -0.3 is 33.8 Å².